The largest absolute Gasteiger partial charge is 0.388 e. The number of anilines is 1. The van der Waals surface area contributed by atoms with Gasteiger partial charge in [-0.15, -0.1) is 0 Å². The summed E-state index contributed by atoms with van der Waals surface area (Å²) in [4.78, 5) is 12.6. The number of nitrogens with one attached hydrogen (secondary N) is 1. The van der Waals surface area contributed by atoms with E-state index in [0.29, 0.717) is 17.9 Å². The predicted molar refractivity (Wildman–Crippen MR) is 128 cm³/mol. The summed E-state index contributed by atoms with van der Waals surface area (Å²) in [6.45, 7) is 4.45. The number of hydrogen-bond donors (Lipinski definition) is 2. The van der Waals surface area contributed by atoms with Crippen molar-refractivity contribution in [1.82, 2.24) is 9.72 Å². The van der Waals surface area contributed by atoms with Crippen LogP contribution in [0.5, 0.6) is 0 Å². The normalized spacial score (nSPS) is 11.3. The van der Waals surface area contributed by atoms with E-state index in [2.05, 4.69) is 45.4 Å². The van der Waals surface area contributed by atoms with Crippen LogP contribution >= 0.6 is 0 Å². The van der Waals surface area contributed by atoms with Gasteiger partial charge in [0.15, 0.2) is 0 Å². The van der Waals surface area contributed by atoms with Crippen LogP contribution in [-0.4, -0.2) is 22.7 Å². The van der Waals surface area contributed by atoms with E-state index < -0.39 is 5.91 Å². The molecule has 0 unspecified atom stereocenters. The van der Waals surface area contributed by atoms with Gasteiger partial charge >= 0.3 is 0 Å². The van der Waals surface area contributed by atoms with Gasteiger partial charge in [-0.05, 0) is 55.3 Å². The summed E-state index contributed by atoms with van der Waals surface area (Å²) < 4.78 is 7.64. The Morgan fingerprint density at radius 1 is 1.06 bits per heavy atom. The van der Waals surface area contributed by atoms with E-state index in [1.807, 2.05) is 51.2 Å². The van der Waals surface area contributed by atoms with E-state index in [0.717, 1.165) is 44.3 Å². The third-order valence-electron chi connectivity index (χ3n) is 6.02. The lowest BCUT2D eigenvalue weighted by atomic mass is 9.97. The highest BCUT2D eigenvalue weighted by molar-refractivity contribution is 6.19. The molecular weight excluding hydrogens is 400 g/mol. The molecule has 0 bridgehead atoms. The highest BCUT2D eigenvalue weighted by Gasteiger charge is 2.21. The highest BCUT2D eigenvalue weighted by atomic mass is 16.5. The van der Waals surface area contributed by atoms with Gasteiger partial charge in [0.2, 0.25) is 5.91 Å². The van der Waals surface area contributed by atoms with Gasteiger partial charge in [-0.1, -0.05) is 35.5 Å². The first kappa shape index (κ1) is 19.9. The van der Waals surface area contributed by atoms with Crippen LogP contribution in [0, 0.1) is 13.8 Å². The molecule has 1 amide bonds. The fraction of sp³-hybridized carbons (Fsp3) is 0.154. The molecule has 5 aromatic rings. The molecule has 6 heteroatoms. The molecule has 2 aromatic heterocycles. The van der Waals surface area contributed by atoms with Crippen molar-refractivity contribution in [3.8, 4) is 11.1 Å². The maximum absolute atomic E-state index is 12.6. The highest BCUT2D eigenvalue weighted by Crippen LogP contribution is 2.38. The molecule has 6 nitrogen and oxygen atoms in total. The molecule has 0 spiro atoms. The standard InChI is InChI=1S/C26H24N4O2/c1-15-24(16(2)32-29-15)18-11-21(26(27)31)25-20-13-19(28-3)9-10-22(20)30(23(25)12-18)14-17-7-5-4-6-8-17/h4-13,28H,14H2,1-3H3,(H2,27,31). The molecule has 5 rings (SSSR count). The molecule has 0 saturated heterocycles. The quantitative estimate of drug-likeness (QED) is 0.403. The van der Waals surface area contributed by atoms with E-state index in [1.165, 1.54) is 5.56 Å². The van der Waals surface area contributed by atoms with Crippen LogP contribution in [0.3, 0.4) is 0 Å². The molecule has 0 aliphatic heterocycles. The third kappa shape index (κ3) is 3.12. The van der Waals surface area contributed by atoms with Crippen molar-refractivity contribution in [2.75, 3.05) is 12.4 Å². The van der Waals surface area contributed by atoms with Crippen molar-refractivity contribution in [3.05, 3.63) is 83.2 Å². The Morgan fingerprint density at radius 2 is 1.84 bits per heavy atom. The average Bonchev–Trinajstić information content (AvgIpc) is 3.29. The average molecular weight is 425 g/mol. The van der Waals surface area contributed by atoms with E-state index in [1.54, 1.807) is 0 Å². The lowest BCUT2D eigenvalue weighted by Crippen LogP contribution is -2.12. The third-order valence-corrected chi connectivity index (χ3v) is 6.02. The van der Waals surface area contributed by atoms with Gasteiger partial charge in [-0.2, -0.15) is 0 Å². The number of amides is 1. The van der Waals surface area contributed by atoms with E-state index >= 15 is 0 Å². The number of hydrogen-bond acceptors (Lipinski definition) is 4. The zero-order valence-electron chi connectivity index (χ0n) is 18.3. The predicted octanol–water partition coefficient (Wildman–Crippen LogP) is 5.26. The van der Waals surface area contributed by atoms with Crippen LogP contribution < -0.4 is 11.1 Å². The number of primary amides is 1. The second-order valence-corrected chi connectivity index (χ2v) is 8.04. The van der Waals surface area contributed by atoms with Gasteiger partial charge in [0.25, 0.3) is 0 Å². The fourth-order valence-corrected chi connectivity index (χ4v) is 4.55. The topological polar surface area (TPSA) is 86.1 Å². The number of aromatic nitrogens is 2. The van der Waals surface area contributed by atoms with Crippen molar-refractivity contribution in [2.24, 2.45) is 5.73 Å². The molecule has 2 heterocycles. The van der Waals surface area contributed by atoms with Gasteiger partial charge in [0.1, 0.15) is 5.76 Å². The molecule has 0 aliphatic carbocycles. The van der Waals surface area contributed by atoms with Crippen molar-refractivity contribution < 1.29 is 9.32 Å². The van der Waals surface area contributed by atoms with Crippen LogP contribution in [-0.2, 0) is 6.54 Å². The molecular formula is C26H24N4O2. The number of carbonyl (C=O) groups excluding carboxylic acids is 1. The minimum atomic E-state index is -0.461. The number of rotatable bonds is 5. The van der Waals surface area contributed by atoms with Crippen LogP contribution in [0.2, 0.25) is 0 Å². The fourth-order valence-electron chi connectivity index (χ4n) is 4.55. The lowest BCUT2D eigenvalue weighted by Gasteiger charge is -2.10. The van der Waals surface area contributed by atoms with Crippen LogP contribution in [0.4, 0.5) is 5.69 Å². The Bertz CT molecular complexity index is 1460. The summed E-state index contributed by atoms with van der Waals surface area (Å²) in [7, 11) is 1.88. The summed E-state index contributed by atoms with van der Waals surface area (Å²) in [6.07, 6.45) is 0. The van der Waals surface area contributed by atoms with E-state index in [-0.39, 0.29) is 0 Å². The maximum atomic E-state index is 12.6. The Kier molecular flexibility index (Phi) is 4.70. The number of carbonyl (C=O) groups is 1. The van der Waals surface area contributed by atoms with Crippen LogP contribution in [0.25, 0.3) is 32.9 Å². The summed E-state index contributed by atoms with van der Waals surface area (Å²) >= 11 is 0. The van der Waals surface area contributed by atoms with Gasteiger partial charge in [-0.3, -0.25) is 4.79 Å². The van der Waals surface area contributed by atoms with E-state index in [4.69, 9.17) is 10.3 Å². The van der Waals surface area contributed by atoms with Gasteiger partial charge in [-0.25, -0.2) is 0 Å². The molecule has 0 radical (unpaired) electrons. The Hall–Kier alpha value is -4.06. The molecule has 0 saturated carbocycles. The van der Waals surface area contributed by atoms with Crippen molar-refractivity contribution in [2.45, 2.75) is 20.4 Å². The molecule has 160 valence electrons. The first-order valence-electron chi connectivity index (χ1n) is 10.5. The van der Waals surface area contributed by atoms with Crippen LogP contribution in [0.15, 0.2) is 65.2 Å². The summed E-state index contributed by atoms with van der Waals surface area (Å²) in [5.41, 5.74) is 13.1. The number of benzene rings is 3. The number of nitrogens with two attached hydrogens (primary N) is 1. The summed E-state index contributed by atoms with van der Waals surface area (Å²) in [5, 5.41) is 9.14. The molecule has 3 N–H and O–H groups in total. The summed E-state index contributed by atoms with van der Waals surface area (Å²) in [5.74, 6) is 0.248. The minimum Gasteiger partial charge on any atom is -0.388 e. The second-order valence-electron chi connectivity index (χ2n) is 8.04. The number of fused-ring (bicyclic) bond motifs is 3. The van der Waals surface area contributed by atoms with Crippen LogP contribution in [0.1, 0.15) is 27.4 Å². The monoisotopic (exact) mass is 424 g/mol. The molecule has 0 atom stereocenters. The minimum absolute atomic E-state index is 0.461. The second kappa shape index (κ2) is 7.57. The molecule has 3 aromatic carbocycles. The SMILES string of the molecule is CNc1ccc2c(c1)c1c(C(N)=O)cc(-c3c(C)noc3C)cc1n2Cc1ccccc1. The van der Waals surface area contributed by atoms with Crippen molar-refractivity contribution in [3.63, 3.8) is 0 Å². The van der Waals surface area contributed by atoms with E-state index in [9.17, 15) is 4.79 Å². The van der Waals surface area contributed by atoms with Gasteiger partial charge in [0.05, 0.1) is 11.2 Å². The Balaban J connectivity index is 1.90. The molecule has 0 aliphatic rings. The maximum Gasteiger partial charge on any atom is 0.249 e. The first-order valence-corrected chi connectivity index (χ1v) is 10.5. The Morgan fingerprint density at radius 3 is 2.50 bits per heavy atom. The lowest BCUT2D eigenvalue weighted by molar-refractivity contribution is 0.100. The molecule has 32 heavy (non-hydrogen) atoms. The number of aryl methyl sites for hydroxylation is 2. The van der Waals surface area contributed by atoms with Gasteiger partial charge in [0, 0.05) is 46.7 Å². The number of nitrogens with zero attached hydrogens (tertiary/aromatic N) is 2. The smallest absolute Gasteiger partial charge is 0.249 e. The summed E-state index contributed by atoms with van der Waals surface area (Å²) in [6, 6.07) is 20.5. The van der Waals surface area contributed by atoms with Crippen molar-refractivity contribution in [1.29, 1.82) is 0 Å². The van der Waals surface area contributed by atoms with Gasteiger partial charge < -0.3 is 20.1 Å². The zero-order chi connectivity index (χ0) is 22.4. The Labute approximate surface area is 185 Å². The zero-order valence-corrected chi connectivity index (χ0v) is 18.3. The molecule has 0 fully saturated rings. The first-order chi connectivity index (χ1) is 15.5. The van der Waals surface area contributed by atoms with Crippen molar-refractivity contribution >= 4 is 33.4 Å².